The normalized spacial score (nSPS) is 17.9. The van der Waals surface area contributed by atoms with Crippen molar-refractivity contribution in [3.05, 3.63) is 29.3 Å². The minimum atomic E-state index is -0.611. The van der Waals surface area contributed by atoms with Crippen molar-refractivity contribution in [3.8, 4) is 5.75 Å². The van der Waals surface area contributed by atoms with Crippen LogP contribution in [-0.2, 0) is 0 Å². The van der Waals surface area contributed by atoms with E-state index in [1.54, 1.807) is 0 Å². The van der Waals surface area contributed by atoms with E-state index in [1.807, 2.05) is 38.1 Å². The third kappa shape index (κ3) is 6.22. The molecule has 4 nitrogen and oxygen atoms in total. The Bertz CT molecular complexity index is 423. The van der Waals surface area contributed by atoms with Crippen molar-refractivity contribution in [2.24, 2.45) is 0 Å². The number of β-amino-alcohol motifs (C(OH)–C–C–N with tert-alkyl or cyclic N) is 1. The first kappa shape index (κ1) is 16.6. The molecule has 0 amide bonds. The molecule has 1 fully saturated rings. The molecule has 1 aliphatic rings. The second-order valence-corrected chi connectivity index (χ2v) is 6.67. The largest absolute Gasteiger partial charge is 0.492 e. The number of benzene rings is 1. The number of hydrogen-bond donors (Lipinski definition) is 1. The summed E-state index contributed by atoms with van der Waals surface area (Å²) in [5.41, 5.74) is -0.611. The number of hydrogen-bond acceptors (Lipinski definition) is 4. The van der Waals surface area contributed by atoms with E-state index in [0.717, 1.165) is 50.0 Å². The van der Waals surface area contributed by atoms with Gasteiger partial charge in [-0.15, -0.1) is 0 Å². The van der Waals surface area contributed by atoms with Gasteiger partial charge in [-0.1, -0.05) is 11.6 Å². The molecule has 0 saturated carbocycles. The molecule has 5 heteroatoms. The molecule has 21 heavy (non-hydrogen) atoms. The third-order valence-electron chi connectivity index (χ3n) is 3.57. The van der Waals surface area contributed by atoms with Crippen LogP contribution < -0.4 is 4.74 Å². The van der Waals surface area contributed by atoms with Crippen molar-refractivity contribution in [2.45, 2.75) is 19.4 Å². The summed E-state index contributed by atoms with van der Waals surface area (Å²) in [6.07, 6.45) is 0. The fraction of sp³-hybridized carbons (Fsp3) is 0.625. The van der Waals surface area contributed by atoms with Crippen LogP contribution in [0.1, 0.15) is 13.8 Å². The smallest absolute Gasteiger partial charge is 0.119 e. The molecule has 0 bridgehead atoms. The second kappa shape index (κ2) is 7.45. The van der Waals surface area contributed by atoms with Crippen LogP contribution >= 0.6 is 11.6 Å². The van der Waals surface area contributed by atoms with Gasteiger partial charge >= 0.3 is 0 Å². The van der Waals surface area contributed by atoms with E-state index in [9.17, 15) is 5.11 Å². The van der Waals surface area contributed by atoms with Crippen molar-refractivity contribution in [3.63, 3.8) is 0 Å². The van der Waals surface area contributed by atoms with Gasteiger partial charge < -0.3 is 9.84 Å². The Kier molecular flexibility index (Phi) is 5.88. The van der Waals surface area contributed by atoms with Crippen molar-refractivity contribution >= 4 is 11.6 Å². The monoisotopic (exact) mass is 312 g/mol. The van der Waals surface area contributed by atoms with E-state index >= 15 is 0 Å². The highest BCUT2D eigenvalue weighted by Crippen LogP contribution is 2.15. The molecule has 118 valence electrons. The number of rotatable bonds is 6. The molecule has 1 heterocycles. The SMILES string of the molecule is CC(C)(O)CN1CCN(CCOc2ccc(Cl)cc2)CC1. The lowest BCUT2D eigenvalue weighted by Gasteiger charge is -2.37. The predicted octanol–water partition coefficient (Wildman–Crippen LogP) is 2.11. The third-order valence-corrected chi connectivity index (χ3v) is 3.82. The fourth-order valence-corrected chi connectivity index (χ4v) is 2.67. The summed E-state index contributed by atoms with van der Waals surface area (Å²) in [5, 5.41) is 10.6. The van der Waals surface area contributed by atoms with Crippen LogP contribution in [0.3, 0.4) is 0 Å². The maximum Gasteiger partial charge on any atom is 0.119 e. The first-order valence-corrected chi connectivity index (χ1v) is 7.86. The molecule has 0 aromatic heterocycles. The summed E-state index contributed by atoms with van der Waals surface area (Å²) in [7, 11) is 0. The molecule has 0 radical (unpaired) electrons. The molecular weight excluding hydrogens is 288 g/mol. The van der Waals surface area contributed by atoms with Gasteiger partial charge in [0.05, 0.1) is 5.60 Å². The number of halogens is 1. The Hall–Kier alpha value is -0.810. The molecule has 0 atom stereocenters. The number of nitrogens with zero attached hydrogens (tertiary/aromatic N) is 2. The number of piperazine rings is 1. The molecule has 0 unspecified atom stereocenters. The summed E-state index contributed by atoms with van der Waals surface area (Å²) in [6.45, 7) is 10.1. The van der Waals surface area contributed by atoms with E-state index in [-0.39, 0.29) is 0 Å². The summed E-state index contributed by atoms with van der Waals surface area (Å²) < 4.78 is 5.72. The molecule has 1 aliphatic heterocycles. The highest BCUT2D eigenvalue weighted by molar-refractivity contribution is 6.30. The van der Waals surface area contributed by atoms with Crippen molar-refractivity contribution in [1.29, 1.82) is 0 Å². The van der Waals surface area contributed by atoms with Gasteiger partial charge in [-0.2, -0.15) is 0 Å². The van der Waals surface area contributed by atoms with Crippen LogP contribution in [0.4, 0.5) is 0 Å². The Labute approximate surface area is 132 Å². The van der Waals surface area contributed by atoms with Gasteiger partial charge in [0.2, 0.25) is 0 Å². The molecule has 2 rings (SSSR count). The highest BCUT2D eigenvalue weighted by atomic mass is 35.5. The highest BCUT2D eigenvalue weighted by Gasteiger charge is 2.22. The van der Waals surface area contributed by atoms with Gasteiger partial charge in [0.25, 0.3) is 0 Å². The average Bonchev–Trinajstić information content (AvgIpc) is 2.41. The summed E-state index contributed by atoms with van der Waals surface area (Å²) >= 11 is 5.84. The molecule has 1 aromatic rings. The quantitative estimate of drug-likeness (QED) is 0.873. The Morgan fingerprint density at radius 3 is 2.24 bits per heavy atom. The second-order valence-electron chi connectivity index (χ2n) is 6.23. The Balaban J connectivity index is 1.64. The lowest BCUT2D eigenvalue weighted by Crippen LogP contribution is -2.51. The van der Waals surface area contributed by atoms with Crippen molar-refractivity contribution in [1.82, 2.24) is 9.80 Å². The molecule has 1 N–H and O–H groups in total. The molecule has 0 spiro atoms. The van der Waals surface area contributed by atoms with E-state index < -0.39 is 5.60 Å². The zero-order chi connectivity index (χ0) is 15.3. The Morgan fingerprint density at radius 2 is 1.67 bits per heavy atom. The van der Waals surface area contributed by atoms with Crippen molar-refractivity contribution in [2.75, 3.05) is 45.9 Å². The van der Waals surface area contributed by atoms with E-state index in [1.165, 1.54) is 0 Å². The van der Waals surface area contributed by atoms with Crippen LogP contribution in [0.2, 0.25) is 5.02 Å². The fourth-order valence-electron chi connectivity index (χ4n) is 2.54. The first-order chi connectivity index (χ1) is 9.92. The predicted molar refractivity (Wildman–Crippen MR) is 86.1 cm³/mol. The summed E-state index contributed by atoms with van der Waals surface area (Å²) in [4.78, 5) is 4.72. The maximum atomic E-state index is 9.84. The zero-order valence-electron chi connectivity index (χ0n) is 12.9. The standard InChI is InChI=1S/C16H25ClN2O2/c1-16(2,20)13-19-9-7-18(8-10-19)11-12-21-15-5-3-14(17)4-6-15/h3-6,20H,7-13H2,1-2H3. The van der Waals surface area contributed by atoms with Crippen molar-refractivity contribution < 1.29 is 9.84 Å². The van der Waals surface area contributed by atoms with Gasteiger partial charge in [0.15, 0.2) is 0 Å². The van der Waals surface area contributed by atoms with E-state index in [4.69, 9.17) is 16.3 Å². The lowest BCUT2D eigenvalue weighted by molar-refractivity contribution is 0.0162. The van der Waals surface area contributed by atoms with Gasteiger partial charge in [-0.05, 0) is 38.1 Å². The summed E-state index contributed by atoms with van der Waals surface area (Å²) in [5.74, 6) is 0.861. The summed E-state index contributed by atoms with van der Waals surface area (Å²) in [6, 6.07) is 7.46. The van der Waals surface area contributed by atoms with Crippen LogP contribution in [-0.4, -0.2) is 66.4 Å². The minimum absolute atomic E-state index is 0.611. The van der Waals surface area contributed by atoms with E-state index in [0.29, 0.717) is 6.61 Å². The average molecular weight is 313 g/mol. The lowest BCUT2D eigenvalue weighted by atomic mass is 10.1. The maximum absolute atomic E-state index is 9.84. The van der Waals surface area contributed by atoms with Crippen LogP contribution in [0.5, 0.6) is 5.75 Å². The van der Waals surface area contributed by atoms with Crippen LogP contribution in [0, 0.1) is 0 Å². The van der Waals surface area contributed by atoms with Gasteiger partial charge in [0, 0.05) is 44.3 Å². The number of aliphatic hydroxyl groups is 1. The molecule has 1 saturated heterocycles. The number of ether oxygens (including phenoxy) is 1. The van der Waals surface area contributed by atoms with Gasteiger partial charge in [-0.3, -0.25) is 9.80 Å². The van der Waals surface area contributed by atoms with Crippen LogP contribution in [0.15, 0.2) is 24.3 Å². The van der Waals surface area contributed by atoms with E-state index in [2.05, 4.69) is 9.80 Å². The topological polar surface area (TPSA) is 35.9 Å². The van der Waals surface area contributed by atoms with Gasteiger partial charge in [0.1, 0.15) is 12.4 Å². The Morgan fingerprint density at radius 1 is 1.10 bits per heavy atom. The zero-order valence-corrected chi connectivity index (χ0v) is 13.6. The first-order valence-electron chi connectivity index (χ1n) is 7.48. The minimum Gasteiger partial charge on any atom is -0.492 e. The molecule has 1 aromatic carbocycles. The van der Waals surface area contributed by atoms with Crippen LogP contribution in [0.25, 0.3) is 0 Å². The van der Waals surface area contributed by atoms with Gasteiger partial charge in [-0.25, -0.2) is 0 Å². The molecular formula is C16H25ClN2O2. The molecule has 0 aliphatic carbocycles.